The Bertz CT molecular complexity index is 1570. The minimum Gasteiger partial charge on any atom is -0.478 e. The number of benzene rings is 1. The molecule has 3 amide bonds. The molecule has 0 spiro atoms. The highest BCUT2D eigenvalue weighted by Gasteiger charge is 2.30. The van der Waals surface area contributed by atoms with E-state index in [0.717, 1.165) is 17.7 Å². The highest BCUT2D eigenvalue weighted by atomic mass is 16.7. The van der Waals surface area contributed by atoms with Crippen LogP contribution in [-0.2, 0) is 19.1 Å². The maximum absolute atomic E-state index is 13.3. The van der Waals surface area contributed by atoms with Crippen molar-refractivity contribution in [1.82, 2.24) is 15.5 Å². The lowest BCUT2D eigenvalue weighted by atomic mass is 10.1. The number of aromatic nitrogens is 2. The smallest absolute Gasteiger partial charge is 0.423 e. The molecule has 0 atom stereocenters. The van der Waals surface area contributed by atoms with Crippen molar-refractivity contribution in [3.8, 4) is 0 Å². The Kier molecular flexibility index (Phi) is 8.80. The molecule has 0 unspecified atom stereocenters. The van der Waals surface area contributed by atoms with Gasteiger partial charge in [-0.3, -0.25) is 15.0 Å². The zero-order valence-corrected chi connectivity index (χ0v) is 22.4. The van der Waals surface area contributed by atoms with Gasteiger partial charge in [-0.1, -0.05) is 11.2 Å². The van der Waals surface area contributed by atoms with Gasteiger partial charge in [-0.15, -0.1) is 0 Å². The first-order valence-electron chi connectivity index (χ1n) is 12.5. The monoisotopic (exact) mass is 578 g/mol. The van der Waals surface area contributed by atoms with Crippen molar-refractivity contribution in [2.24, 2.45) is 0 Å². The number of amides is 3. The number of amidine groups is 1. The molecule has 0 radical (unpaired) electrons. The van der Waals surface area contributed by atoms with Crippen LogP contribution in [0.4, 0.5) is 16.3 Å². The third-order valence-electron chi connectivity index (χ3n) is 6.08. The summed E-state index contributed by atoms with van der Waals surface area (Å²) in [6.45, 7) is 2.33. The molecule has 5 N–H and O–H groups in total. The van der Waals surface area contributed by atoms with E-state index in [9.17, 15) is 24.0 Å². The largest absolute Gasteiger partial charge is 0.478 e. The number of nitrogens with one attached hydrogen (secondary N) is 4. The van der Waals surface area contributed by atoms with Crippen molar-refractivity contribution in [2.75, 3.05) is 17.0 Å². The number of ether oxygens (including phenoxy) is 2. The highest BCUT2D eigenvalue weighted by molar-refractivity contribution is 6.21. The zero-order chi connectivity index (χ0) is 30.4. The minimum absolute atomic E-state index is 0.0767. The van der Waals surface area contributed by atoms with E-state index in [1.165, 1.54) is 30.7 Å². The summed E-state index contributed by atoms with van der Waals surface area (Å²) >= 11 is 0. The molecule has 1 aromatic carbocycles. The van der Waals surface area contributed by atoms with Crippen LogP contribution >= 0.6 is 0 Å². The van der Waals surface area contributed by atoms with Gasteiger partial charge in [-0.05, 0) is 49.9 Å². The summed E-state index contributed by atoms with van der Waals surface area (Å²) in [4.78, 5) is 64.9. The number of hydrogen-bond acceptors (Lipinski definition) is 10. The lowest BCUT2D eigenvalue weighted by Gasteiger charge is -2.24. The van der Waals surface area contributed by atoms with E-state index in [-0.39, 0.29) is 40.3 Å². The first-order chi connectivity index (χ1) is 20.0. The van der Waals surface area contributed by atoms with Crippen LogP contribution < -0.4 is 15.5 Å². The van der Waals surface area contributed by atoms with Crippen molar-refractivity contribution in [3.05, 3.63) is 76.8 Å². The lowest BCUT2D eigenvalue weighted by molar-refractivity contribution is -0.146. The number of carbonyl (C=O) groups is 5. The Morgan fingerprint density at radius 1 is 1.14 bits per heavy atom. The SMILES string of the molecule is Cc1ccc(C(=O)Nc2ccon2)cc1N(C(=N)c1[nH]cc(C(=O)NC2CC2)c1C)C(=O)OCOC(=O)/C=C/C(=O)O. The van der Waals surface area contributed by atoms with Crippen molar-refractivity contribution in [1.29, 1.82) is 5.41 Å². The molecule has 0 aliphatic heterocycles. The Morgan fingerprint density at radius 2 is 1.90 bits per heavy atom. The topological polar surface area (TPSA) is 217 Å². The van der Waals surface area contributed by atoms with Crippen molar-refractivity contribution < 1.29 is 43.1 Å². The molecule has 3 aromatic rings. The molecular formula is C27H26N6O9. The van der Waals surface area contributed by atoms with Crippen LogP contribution in [0.3, 0.4) is 0 Å². The first-order valence-corrected chi connectivity index (χ1v) is 12.5. The number of nitrogens with zero attached hydrogens (tertiary/aromatic N) is 2. The summed E-state index contributed by atoms with van der Waals surface area (Å²) < 4.78 is 14.5. The number of carboxylic acid groups (broad SMARTS) is 1. The molecule has 0 saturated heterocycles. The van der Waals surface area contributed by atoms with Gasteiger partial charge >= 0.3 is 18.0 Å². The van der Waals surface area contributed by atoms with Gasteiger partial charge in [0.2, 0.25) is 6.79 Å². The van der Waals surface area contributed by atoms with E-state index in [1.54, 1.807) is 19.9 Å². The van der Waals surface area contributed by atoms with Gasteiger partial charge in [0.1, 0.15) is 6.26 Å². The number of aliphatic carboxylic acids is 1. The van der Waals surface area contributed by atoms with Crippen LogP contribution in [0.25, 0.3) is 0 Å². The highest BCUT2D eigenvalue weighted by Crippen LogP contribution is 2.27. The minimum atomic E-state index is -1.38. The number of rotatable bonds is 10. The number of esters is 1. The molecule has 1 aliphatic rings. The Balaban J connectivity index is 1.63. The second-order valence-corrected chi connectivity index (χ2v) is 9.14. The maximum atomic E-state index is 13.3. The van der Waals surface area contributed by atoms with Crippen LogP contribution in [0, 0.1) is 19.3 Å². The van der Waals surface area contributed by atoms with Gasteiger partial charge in [0.15, 0.2) is 11.7 Å². The Labute approximate surface area is 238 Å². The predicted molar refractivity (Wildman–Crippen MR) is 145 cm³/mol. The van der Waals surface area contributed by atoms with E-state index in [0.29, 0.717) is 23.3 Å². The molecule has 1 fully saturated rings. The quantitative estimate of drug-likeness (QED) is 0.0779. The molecule has 15 heteroatoms. The average molecular weight is 579 g/mol. The summed E-state index contributed by atoms with van der Waals surface area (Å²) in [6.07, 6.45) is 4.49. The van der Waals surface area contributed by atoms with E-state index in [2.05, 4.69) is 20.8 Å². The van der Waals surface area contributed by atoms with Crippen molar-refractivity contribution >= 4 is 47.2 Å². The van der Waals surface area contributed by atoms with Crippen LogP contribution in [-0.4, -0.2) is 63.8 Å². The zero-order valence-electron chi connectivity index (χ0n) is 22.4. The van der Waals surface area contributed by atoms with E-state index >= 15 is 0 Å². The standard InChI is InChI=1S/C27H26N6O9/c1-14-3-4-16(25(37)31-20-9-10-42-32-20)11-19(14)33(27(39)41-13-40-22(36)8-7-21(34)35)24(28)23-15(2)18(12-29-23)26(38)30-17-5-6-17/h3-4,7-12,17,28-29H,5-6,13H2,1-2H3,(H,30,38)(H,34,35)(H,31,32,37)/b8-7+,28-24?. The molecule has 0 bridgehead atoms. The number of carboxylic acids is 1. The fourth-order valence-electron chi connectivity index (χ4n) is 3.74. The number of H-pyrrole nitrogens is 1. The normalized spacial score (nSPS) is 12.4. The molecule has 4 rings (SSSR count). The summed E-state index contributed by atoms with van der Waals surface area (Å²) in [5, 5.41) is 26.6. The molecular weight excluding hydrogens is 552 g/mol. The summed E-state index contributed by atoms with van der Waals surface area (Å²) in [6, 6.07) is 5.93. The van der Waals surface area contributed by atoms with Crippen LogP contribution in [0.5, 0.6) is 0 Å². The third-order valence-corrected chi connectivity index (χ3v) is 6.08. The molecule has 2 aromatic heterocycles. The van der Waals surface area contributed by atoms with Gasteiger partial charge in [0, 0.05) is 36.0 Å². The van der Waals surface area contributed by atoms with Crippen LogP contribution in [0.2, 0.25) is 0 Å². The fourth-order valence-corrected chi connectivity index (χ4v) is 3.74. The summed E-state index contributed by atoms with van der Waals surface area (Å²) in [5.41, 5.74) is 1.43. The lowest BCUT2D eigenvalue weighted by Crippen LogP contribution is -2.39. The van der Waals surface area contributed by atoms with Gasteiger partial charge < -0.3 is 34.7 Å². The molecule has 218 valence electrons. The number of aryl methyl sites for hydroxylation is 1. The molecule has 1 aliphatic carbocycles. The summed E-state index contributed by atoms with van der Waals surface area (Å²) in [7, 11) is 0. The van der Waals surface area contributed by atoms with E-state index < -0.39 is 36.6 Å². The Morgan fingerprint density at radius 3 is 2.57 bits per heavy atom. The number of hydrogen-bond donors (Lipinski definition) is 5. The number of aromatic amines is 1. The molecule has 2 heterocycles. The second kappa shape index (κ2) is 12.6. The van der Waals surface area contributed by atoms with Gasteiger partial charge in [-0.2, -0.15) is 0 Å². The fraction of sp³-hybridized carbons (Fsp3) is 0.222. The molecule has 42 heavy (non-hydrogen) atoms. The van der Waals surface area contributed by atoms with Crippen LogP contribution in [0.15, 0.2) is 53.4 Å². The summed E-state index contributed by atoms with van der Waals surface area (Å²) in [5.74, 6) is -3.65. The van der Waals surface area contributed by atoms with Crippen molar-refractivity contribution in [2.45, 2.75) is 32.7 Å². The van der Waals surface area contributed by atoms with E-state index in [4.69, 9.17) is 24.5 Å². The van der Waals surface area contributed by atoms with Gasteiger partial charge in [0.05, 0.1) is 16.9 Å². The number of anilines is 2. The van der Waals surface area contributed by atoms with Crippen LogP contribution in [0.1, 0.15) is 50.4 Å². The van der Waals surface area contributed by atoms with Gasteiger partial charge in [-0.25, -0.2) is 19.3 Å². The van der Waals surface area contributed by atoms with Gasteiger partial charge in [0.25, 0.3) is 11.8 Å². The second-order valence-electron chi connectivity index (χ2n) is 9.14. The predicted octanol–water partition coefficient (Wildman–Crippen LogP) is 2.87. The Hall–Kier alpha value is -5.73. The third kappa shape index (κ3) is 7.07. The van der Waals surface area contributed by atoms with Crippen molar-refractivity contribution in [3.63, 3.8) is 0 Å². The van der Waals surface area contributed by atoms with E-state index in [1.807, 2.05) is 0 Å². The first kappa shape index (κ1) is 29.3. The number of carbonyl (C=O) groups excluding carboxylic acids is 4. The maximum Gasteiger partial charge on any atom is 0.423 e. The molecule has 1 saturated carbocycles. The average Bonchev–Trinajstić information content (AvgIpc) is 3.44. The molecule has 15 nitrogen and oxygen atoms in total.